The first kappa shape index (κ1) is 21.8. The lowest BCUT2D eigenvalue weighted by molar-refractivity contribution is 0.0539. The van der Waals surface area contributed by atoms with Gasteiger partial charge in [0, 0.05) is 22.0 Å². The second-order valence-corrected chi connectivity index (χ2v) is 10.2. The van der Waals surface area contributed by atoms with E-state index in [1.807, 2.05) is 17.0 Å². The minimum Gasteiger partial charge on any atom is -0.448 e. The summed E-state index contributed by atoms with van der Waals surface area (Å²) < 4.78 is 6.01. The lowest BCUT2D eigenvalue weighted by atomic mass is 9.83. The van der Waals surface area contributed by atoms with Crippen LogP contribution in [0, 0.1) is 0 Å². The third-order valence-electron chi connectivity index (χ3n) is 7.46. The van der Waals surface area contributed by atoms with Crippen molar-refractivity contribution in [3.8, 4) is 11.1 Å². The van der Waals surface area contributed by atoms with Gasteiger partial charge in [0.25, 0.3) is 0 Å². The molecule has 2 bridgehead atoms. The molecule has 172 valence electrons. The number of benzene rings is 3. The molecule has 3 aromatic rings. The van der Waals surface area contributed by atoms with E-state index in [1.54, 1.807) is 6.07 Å². The van der Waals surface area contributed by atoms with E-state index in [0.717, 1.165) is 31.2 Å². The molecule has 1 amide bonds. The summed E-state index contributed by atoms with van der Waals surface area (Å²) in [6.07, 6.45) is 5.79. The summed E-state index contributed by atoms with van der Waals surface area (Å²) in [6, 6.07) is 22.6. The Hall–Kier alpha value is -2.75. The summed E-state index contributed by atoms with van der Waals surface area (Å²) in [5, 5.41) is 1.29. The predicted molar refractivity (Wildman–Crippen MR) is 137 cm³/mol. The second kappa shape index (κ2) is 8.79. The zero-order chi connectivity index (χ0) is 23.2. The van der Waals surface area contributed by atoms with Crippen molar-refractivity contribution in [3.63, 3.8) is 0 Å². The molecule has 3 aliphatic rings. The van der Waals surface area contributed by atoms with Crippen molar-refractivity contribution in [2.45, 2.75) is 43.7 Å². The Kier molecular flexibility index (Phi) is 5.63. The molecule has 1 saturated heterocycles. The van der Waals surface area contributed by atoms with Crippen LogP contribution in [0.3, 0.4) is 0 Å². The van der Waals surface area contributed by atoms with Crippen molar-refractivity contribution in [1.82, 2.24) is 4.90 Å². The van der Waals surface area contributed by atoms with Gasteiger partial charge in [-0.05, 0) is 71.2 Å². The van der Waals surface area contributed by atoms with Crippen molar-refractivity contribution in [2.24, 2.45) is 0 Å². The van der Waals surface area contributed by atoms with Crippen molar-refractivity contribution < 1.29 is 9.53 Å². The summed E-state index contributed by atoms with van der Waals surface area (Å²) in [4.78, 5) is 15.3. The molecule has 0 saturated carbocycles. The van der Waals surface area contributed by atoms with E-state index in [2.05, 4.69) is 54.6 Å². The van der Waals surface area contributed by atoms with Crippen LogP contribution in [0.1, 0.15) is 48.3 Å². The highest BCUT2D eigenvalue weighted by Crippen LogP contribution is 2.45. The lowest BCUT2D eigenvalue weighted by Gasteiger charge is -2.44. The van der Waals surface area contributed by atoms with Crippen molar-refractivity contribution in [1.29, 1.82) is 0 Å². The predicted octanol–water partition coefficient (Wildman–Crippen LogP) is 7.95. The highest BCUT2D eigenvalue weighted by molar-refractivity contribution is 6.35. The molecule has 3 nitrogen and oxygen atoms in total. The van der Waals surface area contributed by atoms with Crippen LogP contribution in [-0.4, -0.2) is 29.7 Å². The molecule has 2 heterocycles. The molecule has 6 rings (SSSR count). The molecule has 2 aliphatic heterocycles. The lowest BCUT2D eigenvalue weighted by Crippen LogP contribution is -2.51. The number of hydrogen-bond acceptors (Lipinski definition) is 2. The third-order valence-corrected chi connectivity index (χ3v) is 8.01. The van der Waals surface area contributed by atoms with E-state index < -0.39 is 0 Å². The molecule has 2 unspecified atom stereocenters. The van der Waals surface area contributed by atoms with E-state index in [4.69, 9.17) is 27.9 Å². The number of amides is 1. The SMILES string of the molecule is O=C(OCC1c2ccccc2-c2ccccc21)N1C2C=C(c3ccc(Cl)cc3Cl)CC1CCC2. The highest BCUT2D eigenvalue weighted by atomic mass is 35.5. The number of carbonyl (C=O) groups excluding carboxylic acids is 1. The molecule has 1 aliphatic carbocycles. The first-order valence-corrected chi connectivity index (χ1v) is 12.6. The fraction of sp³-hybridized carbons (Fsp3) is 0.276. The molecule has 5 heteroatoms. The standard InChI is InChI=1S/C29H25Cl2NO2/c30-19-12-13-22(28(31)16-19)18-14-20-6-5-7-21(15-18)32(20)29(33)34-17-27-25-10-3-1-8-23(25)24-9-2-4-11-26(24)27/h1-4,8-14,16,20-21,27H,5-7,15,17H2. The van der Waals surface area contributed by atoms with Gasteiger partial charge in [-0.2, -0.15) is 0 Å². The van der Waals surface area contributed by atoms with Crippen LogP contribution < -0.4 is 0 Å². The first-order chi connectivity index (χ1) is 16.6. The number of hydrogen-bond donors (Lipinski definition) is 0. The Morgan fingerprint density at radius 1 is 0.912 bits per heavy atom. The van der Waals surface area contributed by atoms with E-state index in [9.17, 15) is 4.79 Å². The van der Waals surface area contributed by atoms with E-state index in [-0.39, 0.29) is 24.1 Å². The van der Waals surface area contributed by atoms with Gasteiger partial charge < -0.3 is 4.74 Å². The molecule has 0 aromatic heterocycles. The van der Waals surface area contributed by atoms with Crippen LogP contribution in [0.4, 0.5) is 4.79 Å². The summed E-state index contributed by atoms with van der Waals surface area (Å²) in [5.74, 6) is 0.0694. The molecular formula is C29H25Cl2NO2. The zero-order valence-corrected chi connectivity index (χ0v) is 20.2. The molecular weight excluding hydrogens is 465 g/mol. The van der Waals surface area contributed by atoms with Crippen molar-refractivity contribution in [3.05, 3.63) is 99.5 Å². The fourth-order valence-electron chi connectivity index (χ4n) is 5.93. The minimum atomic E-state index is -0.214. The zero-order valence-electron chi connectivity index (χ0n) is 18.7. The number of nitrogens with zero attached hydrogens (tertiary/aromatic N) is 1. The van der Waals surface area contributed by atoms with Crippen molar-refractivity contribution >= 4 is 34.9 Å². The van der Waals surface area contributed by atoms with Crippen molar-refractivity contribution in [2.75, 3.05) is 6.61 Å². The number of carbonyl (C=O) groups is 1. The maximum atomic E-state index is 13.4. The van der Waals surface area contributed by atoms with Gasteiger partial charge in [0.2, 0.25) is 0 Å². The Bertz CT molecular complexity index is 1260. The number of ether oxygens (including phenoxy) is 1. The number of fused-ring (bicyclic) bond motifs is 5. The number of rotatable bonds is 3. The van der Waals surface area contributed by atoms with E-state index in [1.165, 1.54) is 27.8 Å². The van der Waals surface area contributed by atoms with Crippen LogP contribution in [0.2, 0.25) is 10.0 Å². The van der Waals surface area contributed by atoms with Crippen LogP contribution in [-0.2, 0) is 4.74 Å². The molecule has 0 N–H and O–H groups in total. The molecule has 0 spiro atoms. The molecule has 0 radical (unpaired) electrons. The summed E-state index contributed by atoms with van der Waals surface area (Å²) in [5.41, 5.74) is 7.14. The largest absolute Gasteiger partial charge is 0.448 e. The van der Waals surface area contributed by atoms with Crippen LogP contribution in [0.15, 0.2) is 72.8 Å². The summed E-state index contributed by atoms with van der Waals surface area (Å²) >= 11 is 12.6. The Morgan fingerprint density at radius 2 is 1.62 bits per heavy atom. The van der Waals surface area contributed by atoms with Gasteiger partial charge in [-0.15, -0.1) is 0 Å². The van der Waals surface area contributed by atoms with Crippen LogP contribution in [0.5, 0.6) is 0 Å². The Balaban J connectivity index is 1.23. The van der Waals surface area contributed by atoms with Gasteiger partial charge in [-0.25, -0.2) is 4.79 Å². The first-order valence-electron chi connectivity index (χ1n) is 11.9. The van der Waals surface area contributed by atoms with Crippen LogP contribution >= 0.6 is 23.2 Å². The van der Waals surface area contributed by atoms with Gasteiger partial charge in [0.1, 0.15) is 6.61 Å². The average molecular weight is 490 g/mol. The molecule has 1 fully saturated rings. The topological polar surface area (TPSA) is 29.5 Å². The quantitative estimate of drug-likeness (QED) is 0.373. The highest BCUT2D eigenvalue weighted by Gasteiger charge is 2.39. The molecule has 3 aromatic carbocycles. The Morgan fingerprint density at radius 3 is 2.29 bits per heavy atom. The monoisotopic (exact) mass is 489 g/mol. The molecule has 2 atom stereocenters. The van der Waals surface area contributed by atoms with Gasteiger partial charge in [-0.1, -0.05) is 83.9 Å². The second-order valence-electron chi connectivity index (χ2n) is 9.38. The minimum absolute atomic E-state index is 0.0323. The van der Waals surface area contributed by atoms with Gasteiger partial charge in [0.15, 0.2) is 0 Å². The van der Waals surface area contributed by atoms with Crippen LogP contribution in [0.25, 0.3) is 16.7 Å². The van der Waals surface area contributed by atoms with E-state index >= 15 is 0 Å². The smallest absolute Gasteiger partial charge is 0.410 e. The van der Waals surface area contributed by atoms with Gasteiger partial charge >= 0.3 is 6.09 Å². The summed E-state index contributed by atoms with van der Waals surface area (Å²) in [6.45, 7) is 0.350. The van der Waals surface area contributed by atoms with E-state index in [0.29, 0.717) is 16.7 Å². The fourth-order valence-corrected chi connectivity index (χ4v) is 6.46. The normalized spacial score (nSPS) is 21.0. The average Bonchev–Trinajstić information content (AvgIpc) is 3.15. The van der Waals surface area contributed by atoms with Gasteiger partial charge in [0.05, 0.1) is 6.04 Å². The Labute approximate surface area is 209 Å². The maximum Gasteiger partial charge on any atom is 0.410 e. The summed E-state index contributed by atoms with van der Waals surface area (Å²) in [7, 11) is 0. The molecule has 34 heavy (non-hydrogen) atoms. The number of piperidine rings is 1. The number of halogens is 2. The van der Waals surface area contributed by atoms with Gasteiger partial charge in [-0.3, -0.25) is 4.90 Å². The maximum absolute atomic E-state index is 13.4. The third kappa shape index (κ3) is 3.72.